The first kappa shape index (κ1) is 28.9. The monoisotopic (exact) mass is 537 g/mol. The lowest BCUT2D eigenvalue weighted by molar-refractivity contribution is -0.121. The highest BCUT2D eigenvalue weighted by Gasteiger charge is 2.27. The van der Waals surface area contributed by atoms with Crippen molar-refractivity contribution in [3.63, 3.8) is 0 Å². The van der Waals surface area contributed by atoms with Gasteiger partial charge in [-0.2, -0.15) is 9.41 Å². The van der Waals surface area contributed by atoms with Crippen LogP contribution in [0.3, 0.4) is 0 Å². The predicted octanol–water partition coefficient (Wildman–Crippen LogP) is 4.83. The van der Waals surface area contributed by atoms with Crippen molar-refractivity contribution in [3.8, 4) is 11.5 Å². The van der Waals surface area contributed by atoms with Gasteiger partial charge in [-0.15, -0.1) is 0 Å². The van der Waals surface area contributed by atoms with E-state index in [-0.39, 0.29) is 11.4 Å². The van der Waals surface area contributed by atoms with Crippen molar-refractivity contribution >= 4 is 22.1 Å². The lowest BCUT2D eigenvalue weighted by Gasteiger charge is -2.22. The second-order valence-corrected chi connectivity index (χ2v) is 10.8. The number of hydrogen-bond donors (Lipinski definition) is 1. The molecule has 0 unspecified atom stereocenters. The van der Waals surface area contributed by atoms with E-state index in [0.717, 1.165) is 27.4 Å². The topological polar surface area (TPSA) is 97.3 Å². The van der Waals surface area contributed by atoms with Crippen molar-refractivity contribution in [1.29, 1.82) is 0 Å². The van der Waals surface area contributed by atoms with Gasteiger partial charge in [0.1, 0.15) is 0 Å². The second kappa shape index (κ2) is 13.7. The highest BCUT2D eigenvalue weighted by molar-refractivity contribution is 7.89. The molecule has 0 saturated carbocycles. The summed E-state index contributed by atoms with van der Waals surface area (Å²) in [6.45, 7) is 8.44. The molecule has 0 spiro atoms. The number of hydrazone groups is 1. The smallest absolute Gasteiger partial charge is 0.255 e. The molecule has 0 aliphatic heterocycles. The fourth-order valence-electron chi connectivity index (χ4n) is 3.68. The number of hydrogen-bond acceptors (Lipinski definition) is 6. The molecule has 3 rings (SSSR count). The Kier molecular flexibility index (Phi) is 10.4. The van der Waals surface area contributed by atoms with E-state index in [1.807, 2.05) is 52.0 Å². The van der Waals surface area contributed by atoms with Gasteiger partial charge in [0.15, 0.2) is 11.5 Å². The number of carbonyl (C=O) groups is 1. The van der Waals surface area contributed by atoms with E-state index in [1.165, 1.54) is 6.21 Å². The molecule has 3 aromatic rings. The Hall–Kier alpha value is -3.69. The third-order valence-corrected chi connectivity index (χ3v) is 7.36. The fraction of sp³-hybridized carbons (Fsp3) is 0.310. The molecule has 202 valence electrons. The summed E-state index contributed by atoms with van der Waals surface area (Å²) in [6, 6.07) is 19.5. The van der Waals surface area contributed by atoms with Crippen LogP contribution in [0.15, 0.2) is 76.7 Å². The van der Waals surface area contributed by atoms with E-state index >= 15 is 0 Å². The summed E-state index contributed by atoms with van der Waals surface area (Å²) in [6.07, 6.45) is 2.35. The number of amides is 1. The Bertz CT molecular complexity index is 1350. The molecular weight excluding hydrogens is 502 g/mol. The van der Waals surface area contributed by atoms with Gasteiger partial charge in [-0.25, -0.2) is 13.8 Å². The van der Waals surface area contributed by atoms with Crippen molar-refractivity contribution in [2.24, 2.45) is 5.10 Å². The van der Waals surface area contributed by atoms with Crippen LogP contribution >= 0.6 is 0 Å². The summed E-state index contributed by atoms with van der Waals surface area (Å²) in [5.41, 5.74) is 5.87. The quantitative estimate of drug-likeness (QED) is 0.249. The van der Waals surface area contributed by atoms with Crippen LogP contribution < -0.4 is 14.9 Å². The zero-order valence-electron chi connectivity index (χ0n) is 22.3. The van der Waals surface area contributed by atoms with Gasteiger partial charge < -0.3 is 9.47 Å². The molecule has 0 aliphatic rings. The number of benzene rings is 3. The number of ether oxygens (including phenoxy) is 2. The largest absolute Gasteiger partial charge is 0.490 e. The van der Waals surface area contributed by atoms with E-state index < -0.39 is 22.5 Å². The molecule has 0 aromatic heterocycles. The van der Waals surface area contributed by atoms with Crippen molar-refractivity contribution in [1.82, 2.24) is 9.73 Å². The molecule has 3 aromatic carbocycles. The van der Waals surface area contributed by atoms with Crippen LogP contribution in [0.1, 0.15) is 42.5 Å². The number of rotatable bonds is 13. The molecule has 0 radical (unpaired) electrons. The van der Waals surface area contributed by atoms with Crippen LogP contribution in [0.25, 0.3) is 0 Å². The molecule has 9 heteroatoms. The first-order chi connectivity index (χ1) is 18.2. The average Bonchev–Trinajstić information content (AvgIpc) is 2.88. The summed E-state index contributed by atoms with van der Waals surface area (Å²) in [5.74, 6) is 0.672. The number of sulfonamides is 1. The Morgan fingerprint density at radius 3 is 2.39 bits per heavy atom. The molecule has 0 bridgehead atoms. The van der Waals surface area contributed by atoms with Gasteiger partial charge in [-0.1, -0.05) is 54.4 Å². The molecule has 0 aliphatic carbocycles. The summed E-state index contributed by atoms with van der Waals surface area (Å²) >= 11 is 0. The number of nitrogens with zero attached hydrogens (tertiary/aromatic N) is 2. The maximum Gasteiger partial charge on any atom is 0.255 e. The van der Waals surface area contributed by atoms with Crippen LogP contribution in [0, 0.1) is 13.8 Å². The third kappa shape index (κ3) is 8.16. The van der Waals surface area contributed by atoms with Crippen LogP contribution in [-0.2, 0) is 21.4 Å². The zero-order chi connectivity index (χ0) is 27.5. The van der Waals surface area contributed by atoms with E-state index in [4.69, 9.17) is 9.47 Å². The molecule has 0 saturated heterocycles. The Morgan fingerprint density at radius 2 is 1.71 bits per heavy atom. The van der Waals surface area contributed by atoms with Crippen molar-refractivity contribution in [3.05, 3.63) is 89.0 Å². The fourth-order valence-corrected chi connectivity index (χ4v) is 5.06. The minimum absolute atomic E-state index is 0.0476. The van der Waals surface area contributed by atoms with Crippen molar-refractivity contribution in [2.45, 2.75) is 45.6 Å². The van der Waals surface area contributed by atoms with E-state index in [2.05, 4.69) is 10.5 Å². The van der Waals surface area contributed by atoms with Crippen LogP contribution in [0.2, 0.25) is 0 Å². The van der Waals surface area contributed by atoms with Crippen LogP contribution in [0.4, 0.5) is 0 Å². The number of nitrogens with one attached hydrogen (secondary N) is 1. The highest BCUT2D eigenvalue weighted by atomic mass is 32.2. The standard InChI is InChI=1S/C29H35N3O5S/c1-5-16-37-27-15-12-24(18-28(27)36-6-2)19-30-31-29(33)21-32(20-25-9-7-8-23(4)17-25)38(34,35)26-13-10-22(3)11-14-26/h7-15,17-19H,5-6,16,20-21H2,1-4H3,(H,31,33)/b30-19-. The SMILES string of the molecule is CCCOc1ccc(/C=N\NC(=O)CN(Cc2cccc(C)c2)S(=O)(=O)c2ccc(C)cc2)cc1OCC. The second-order valence-electron chi connectivity index (χ2n) is 8.86. The van der Waals surface area contributed by atoms with E-state index in [1.54, 1.807) is 42.5 Å². The Balaban J connectivity index is 1.76. The molecule has 1 amide bonds. The summed E-state index contributed by atoms with van der Waals surface area (Å²) in [5, 5.41) is 4.03. The Morgan fingerprint density at radius 1 is 0.947 bits per heavy atom. The summed E-state index contributed by atoms with van der Waals surface area (Å²) in [4.78, 5) is 12.9. The van der Waals surface area contributed by atoms with E-state index in [0.29, 0.717) is 30.3 Å². The van der Waals surface area contributed by atoms with Gasteiger partial charge in [-0.3, -0.25) is 4.79 Å². The maximum absolute atomic E-state index is 13.5. The molecule has 0 heterocycles. The van der Waals surface area contributed by atoms with Gasteiger partial charge >= 0.3 is 0 Å². The molecule has 0 atom stereocenters. The molecular formula is C29H35N3O5S. The predicted molar refractivity (Wildman–Crippen MR) is 149 cm³/mol. The molecule has 0 fully saturated rings. The lowest BCUT2D eigenvalue weighted by atomic mass is 10.1. The first-order valence-corrected chi connectivity index (χ1v) is 14.0. The van der Waals surface area contributed by atoms with Crippen molar-refractivity contribution in [2.75, 3.05) is 19.8 Å². The minimum Gasteiger partial charge on any atom is -0.490 e. The first-order valence-electron chi connectivity index (χ1n) is 12.6. The van der Waals surface area contributed by atoms with Crippen molar-refractivity contribution < 1.29 is 22.7 Å². The molecule has 1 N–H and O–H groups in total. The van der Waals surface area contributed by atoms with Gasteiger partial charge in [0.2, 0.25) is 10.0 Å². The van der Waals surface area contributed by atoms with Crippen LogP contribution in [-0.4, -0.2) is 44.6 Å². The average molecular weight is 538 g/mol. The number of carbonyl (C=O) groups excluding carboxylic acids is 1. The Labute approximate surface area is 225 Å². The van der Waals surface area contributed by atoms with Crippen LogP contribution in [0.5, 0.6) is 11.5 Å². The highest BCUT2D eigenvalue weighted by Crippen LogP contribution is 2.28. The minimum atomic E-state index is -3.94. The van der Waals surface area contributed by atoms with Gasteiger partial charge in [0.25, 0.3) is 5.91 Å². The summed E-state index contributed by atoms with van der Waals surface area (Å²) in [7, 11) is -3.94. The maximum atomic E-state index is 13.5. The number of aryl methyl sites for hydroxylation is 2. The normalized spacial score (nSPS) is 11.6. The van der Waals surface area contributed by atoms with E-state index in [9.17, 15) is 13.2 Å². The third-order valence-electron chi connectivity index (χ3n) is 5.55. The summed E-state index contributed by atoms with van der Waals surface area (Å²) < 4.78 is 39.4. The van der Waals surface area contributed by atoms with Gasteiger partial charge in [0, 0.05) is 6.54 Å². The molecule has 8 nitrogen and oxygen atoms in total. The molecule has 38 heavy (non-hydrogen) atoms. The van der Waals surface area contributed by atoms with Gasteiger partial charge in [-0.05, 0) is 68.7 Å². The lowest BCUT2D eigenvalue weighted by Crippen LogP contribution is -2.39. The van der Waals surface area contributed by atoms with Gasteiger partial charge in [0.05, 0.1) is 30.9 Å². The zero-order valence-corrected chi connectivity index (χ0v) is 23.1.